The molecule has 1 atom stereocenters. The highest BCUT2D eigenvalue weighted by Crippen LogP contribution is 2.34. The fourth-order valence-electron chi connectivity index (χ4n) is 2.83. The molecule has 2 nitrogen and oxygen atoms in total. The Labute approximate surface area is 116 Å². The van der Waals surface area contributed by atoms with E-state index in [0.29, 0.717) is 0 Å². The molecule has 1 heterocycles. The van der Waals surface area contributed by atoms with E-state index in [1.54, 1.807) is 6.07 Å². The summed E-state index contributed by atoms with van der Waals surface area (Å²) in [6.45, 7) is 1.66. The van der Waals surface area contributed by atoms with E-state index in [-0.39, 0.29) is 23.8 Å². The second-order valence-corrected chi connectivity index (χ2v) is 5.25. The zero-order valence-corrected chi connectivity index (χ0v) is 11.1. The molecule has 1 aliphatic heterocycles. The SMILES string of the molecule is O=CC(Cc1ccccc1C(F)(F)F)C1CCNCC1. The lowest BCUT2D eigenvalue weighted by molar-refractivity contribution is -0.138. The molecule has 20 heavy (non-hydrogen) atoms. The Morgan fingerprint density at radius 1 is 1.25 bits per heavy atom. The van der Waals surface area contributed by atoms with E-state index in [1.807, 2.05) is 0 Å². The topological polar surface area (TPSA) is 29.1 Å². The van der Waals surface area contributed by atoms with Gasteiger partial charge in [0.1, 0.15) is 6.29 Å². The summed E-state index contributed by atoms with van der Waals surface area (Å²) in [5.74, 6) is -0.157. The molecule has 1 fully saturated rings. The standard InChI is InChI=1S/C15H18F3NO/c16-15(17,18)14-4-2-1-3-12(14)9-13(10-20)11-5-7-19-8-6-11/h1-4,10-11,13,19H,5-9H2. The van der Waals surface area contributed by atoms with Crippen molar-refractivity contribution in [3.8, 4) is 0 Å². The Bertz CT molecular complexity index is 453. The van der Waals surface area contributed by atoms with Crippen molar-refractivity contribution in [3.05, 3.63) is 35.4 Å². The van der Waals surface area contributed by atoms with Crippen molar-refractivity contribution in [2.45, 2.75) is 25.4 Å². The van der Waals surface area contributed by atoms with E-state index in [4.69, 9.17) is 0 Å². The van der Waals surface area contributed by atoms with Crippen molar-refractivity contribution in [2.75, 3.05) is 13.1 Å². The second-order valence-electron chi connectivity index (χ2n) is 5.25. The zero-order valence-electron chi connectivity index (χ0n) is 11.1. The van der Waals surface area contributed by atoms with E-state index in [9.17, 15) is 18.0 Å². The van der Waals surface area contributed by atoms with Gasteiger partial charge in [0.2, 0.25) is 0 Å². The Balaban J connectivity index is 2.17. The number of piperidine rings is 1. The predicted molar refractivity (Wildman–Crippen MR) is 70.3 cm³/mol. The maximum absolute atomic E-state index is 12.9. The minimum Gasteiger partial charge on any atom is -0.317 e. The van der Waals surface area contributed by atoms with Crippen LogP contribution in [0.25, 0.3) is 0 Å². The molecular weight excluding hydrogens is 267 g/mol. The van der Waals surface area contributed by atoms with Gasteiger partial charge in [-0.3, -0.25) is 0 Å². The number of halogens is 3. The highest BCUT2D eigenvalue weighted by Gasteiger charge is 2.34. The average molecular weight is 285 g/mol. The number of hydrogen-bond donors (Lipinski definition) is 1. The molecule has 0 aromatic heterocycles. The molecule has 2 rings (SSSR count). The second kappa shape index (κ2) is 6.39. The highest BCUT2D eigenvalue weighted by atomic mass is 19.4. The average Bonchev–Trinajstić information content (AvgIpc) is 2.45. The number of carbonyl (C=O) groups excluding carboxylic acids is 1. The van der Waals surface area contributed by atoms with Crippen LogP contribution in [0.4, 0.5) is 13.2 Å². The fraction of sp³-hybridized carbons (Fsp3) is 0.533. The molecule has 1 saturated heterocycles. The van der Waals surface area contributed by atoms with Crippen molar-refractivity contribution in [1.82, 2.24) is 5.32 Å². The molecule has 1 aromatic carbocycles. The number of aldehydes is 1. The fourth-order valence-corrected chi connectivity index (χ4v) is 2.83. The first kappa shape index (κ1) is 15.0. The molecular formula is C15H18F3NO. The maximum atomic E-state index is 12.9. The van der Waals surface area contributed by atoms with Gasteiger partial charge >= 0.3 is 6.18 Å². The smallest absolute Gasteiger partial charge is 0.317 e. The Kier molecular flexibility index (Phi) is 4.81. The molecule has 1 aromatic rings. The largest absolute Gasteiger partial charge is 0.416 e. The van der Waals surface area contributed by atoms with Crippen LogP contribution in [0.1, 0.15) is 24.0 Å². The van der Waals surface area contributed by atoms with Gasteiger partial charge in [-0.05, 0) is 49.9 Å². The molecule has 110 valence electrons. The van der Waals surface area contributed by atoms with Gasteiger partial charge in [0.25, 0.3) is 0 Å². The summed E-state index contributed by atoms with van der Waals surface area (Å²) in [4.78, 5) is 11.3. The zero-order chi connectivity index (χ0) is 14.6. The van der Waals surface area contributed by atoms with E-state index in [2.05, 4.69) is 5.32 Å². The van der Waals surface area contributed by atoms with E-state index >= 15 is 0 Å². The van der Waals surface area contributed by atoms with Gasteiger partial charge in [-0.1, -0.05) is 18.2 Å². The molecule has 5 heteroatoms. The minimum absolute atomic E-state index is 0.170. The third-order valence-electron chi connectivity index (χ3n) is 3.94. The van der Waals surface area contributed by atoms with Crippen molar-refractivity contribution in [2.24, 2.45) is 11.8 Å². The summed E-state index contributed by atoms with van der Waals surface area (Å²) in [6.07, 6.45) is -1.68. The molecule has 1 unspecified atom stereocenters. The third kappa shape index (κ3) is 3.60. The normalized spacial score (nSPS) is 18.8. The van der Waals surface area contributed by atoms with Crippen LogP contribution in [-0.4, -0.2) is 19.4 Å². The summed E-state index contributed by atoms with van der Waals surface area (Å²) >= 11 is 0. The van der Waals surface area contributed by atoms with E-state index in [0.717, 1.165) is 38.3 Å². The van der Waals surface area contributed by atoms with Gasteiger partial charge in [-0.25, -0.2) is 0 Å². The quantitative estimate of drug-likeness (QED) is 0.861. The molecule has 0 saturated carbocycles. The maximum Gasteiger partial charge on any atom is 0.416 e. The van der Waals surface area contributed by atoms with Gasteiger partial charge in [-0.2, -0.15) is 13.2 Å². The molecule has 0 amide bonds. The molecule has 0 spiro atoms. The number of alkyl halides is 3. The van der Waals surface area contributed by atoms with Gasteiger partial charge in [0, 0.05) is 5.92 Å². The number of rotatable bonds is 4. The van der Waals surface area contributed by atoms with Gasteiger partial charge in [0.15, 0.2) is 0 Å². The van der Waals surface area contributed by atoms with Gasteiger partial charge < -0.3 is 10.1 Å². The number of nitrogens with one attached hydrogen (secondary N) is 1. The third-order valence-corrected chi connectivity index (χ3v) is 3.94. The molecule has 0 aliphatic carbocycles. The number of hydrogen-bond acceptors (Lipinski definition) is 2. The summed E-state index contributed by atoms with van der Waals surface area (Å²) in [7, 11) is 0. The summed E-state index contributed by atoms with van der Waals surface area (Å²) in [6, 6.07) is 5.53. The van der Waals surface area contributed by atoms with Crippen LogP contribution in [-0.2, 0) is 17.4 Å². The van der Waals surface area contributed by atoms with Crippen molar-refractivity contribution in [1.29, 1.82) is 0 Å². The van der Waals surface area contributed by atoms with Gasteiger partial charge in [0.05, 0.1) is 5.56 Å². The summed E-state index contributed by atoms with van der Waals surface area (Å²) in [5, 5.41) is 3.20. The van der Waals surface area contributed by atoms with Crippen molar-refractivity contribution in [3.63, 3.8) is 0 Å². The van der Waals surface area contributed by atoms with Crippen molar-refractivity contribution >= 4 is 6.29 Å². The molecule has 0 radical (unpaired) electrons. The minimum atomic E-state index is -4.36. The Morgan fingerprint density at radius 3 is 2.50 bits per heavy atom. The van der Waals surface area contributed by atoms with Gasteiger partial charge in [-0.15, -0.1) is 0 Å². The Hall–Kier alpha value is -1.36. The first-order valence-corrected chi connectivity index (χ1v) is 6.83. The lowest BCUT2D eigenvalue weighted by Gasteiger charge is -2.28. The predicted octanol–water partition coefficient (Wildman–Crippen LogP) is 3.06. The monoisotopic (exact) mass is 285 g/mol. The lowest BCUT2D eigenvalue weighted by Crippen LogP contribution is -2.33. The first-order chi connectivity index (χ1) is 9.52. The summed E-state index contributed by atoms with van der Waals surface area (Å²) < 4.78 is 38.8. The van der Waals surface area contributed by atoms with Crippen LogP contribution < -0.4 is 5.32 Å². The van der Waals surface area contributed by atoms with Crippen LogP contribution in [0.2, 0.25) is 0 Å². The lowest BCUT2D eigenvalue weighted by atomic mass is 9.81. The Morgan fingerprint density at radius 2 is 1.90 bits per heavy atom. The number of carbonyl (C=O) groups is 1. The number of benzene rings is 1. The van der Waals surface area contributed by atoms with Crippen LogP contribution in [0.15, 0.2) is 24.3 Å². The van der Waals surface area contributed by atoms with E-state index in [1.165, 1.54) is 12.1 Å². The molecule has 0 bridgehead atoms. The van der Waals surface area contributed by atoms with Crippen LogP contribution in [0.5, 0.6) is 0 Å². The first-order valence-electron chi connectivity index (χ1n) is 6.83. The van der Waals surface area contributed by atoms with Crippen LogP contribution >= 0.6 is 0 Å². The summed E-state index contributed by atoms with van der Waals surface area (Å²) in [5.41, 5.74) is -0.406. The van der Waals surface area contributed by atoms with Crippen LogP contribution in [0.3, 0.4) is 0 Å². The van der Waals surface area contributed by atoms with E-state index < -0.39 is 11.7 Å². The van der Waals surface area contributed by atoms with Crippen LogP contribution in [0, 0.1) is 11.8 Å². The highest BCUT2D eigenvalue weighted by molar-refractivity contribution is 5.55. The van der Waals surface area contributed by atoms with Crippen molar-refractivity contribution < 1.29 is 18.0 Å². The molecule has 1 N–H and O–H groups in total. The molecule has 1 aliphatic rings.